The molecular weight excluding hydrogens is 278 g/mol. The molecule has 0 aliphatic heterocycles. The summed E-state index contributed by atoms with van der Waals surface area (Å²) < 4.78 is 32.2. The van der Waals surface area contributed by atoms with Gasteiger partial charge in [0, 0.05) is 11.8 Å². The summed E-state index contributed by atoms with van der Waals surface area (Å²) in [6.45, 7) is 6.98. The molecule has 0 bridgehead atoms. The summed E-state index contributed by atoms with van der Waals surface area (Å²) >= 11 is 0. The highest BCUT2D eigenvalue weighted by Crippen LogP contribution is 2.29. The molecular formula is C13H17N3O3S. The largest absolute Gasteiger partial charge is 0.398 e. The molecule has 7 heteroatoms. The predicted octanol–water partition coefficient (Wildman–Crippen LogP) is 2.29. The lowest BCUT2D eigenvalue weighted by atomic mass is 10.1. The number of sulfonamides is 1. The first-order chi connectivity index (χ1) is 9.22. The summed E-state index contributed by atoms with van der Waals surface area (Å²) in [5.74, 6) is 0.0837. The molecule has 0 amide bonds. The van der Waals surface area contributed by atoms with Gasteiger partial charge in [0.25, 0.3) is 10.0 Å². The Balaban J connectivity index is 2.52. The number of nitrogen functional groups attached to an aromatic ring is 1. The zero-order valence-corrected chi connectivity index (χ0v) is 12.6. The number of rotatable bonds is 3. The Bertz CT molecular complexity index is 763. The van der Waals surface area contributed by atoms with Crippen LogP contribution in [0.5, 0.6) is 0 Å². The molecule has 0 fully saturated rings. The lowest BCUT2D eigenvalue weighted by Crippen LogP contribution is -2.16. The quantitative estimate of drug-likeness (QED) is 0.846. The van der Waals surface area contributed by atoms with E-state index in [1.54, 1.807) is 26.8 Å². The number of hydrogen-bond acceptors (Lipinski definition) is 5. The summed E-state index contributed by atoms with van der Waals surface area (Å²) in [5.41, 5.74) is 9.02. The van der Waals surface area contributed by atoms with Crippen LogP contribution in [-0.4, -0.2) is 13.6 Å². The molecule has 20 heavy (non-hydrogen) atoms. The van der Waals surface area contributed by atoms with Gasteiger partial charge in [-0.05, 0) is 44.4 Å². The van der Waals surface area contributed by atoms with Gasteiger partial charge in [0.05, 0.1) is 10.6 Å². The third kappa shape index (κ3) is 2.49. The minimum atomic E-state index is -3.76. The minimum Gasteiger partial charge on any atom is -0.398 e. The van der Waals surface area contributed by atoms with Gasteiger partial charge in [-0.2, -0.15) is 0 Å². The molecule has 0 aliphatic rings. The number of hydrogen-bond donors (Lipinski definition) is 2. The first-order valence-corrected chi connectivity index (χ1v) is 7.53. The van der Waals surface area contributed by atoms with Crippen molar-refractivity contribution < 1.29 is 12.9 Å². The average Bonchev–Trinajstić information content (AvgIpc) is 2.70. The maximum atomic E-state index is 12.5. The molecule has 108 valence electrons. The van der Waals surface area contributed by atoms with Gasteiger partial charge in [0.1, 0.15) is 0 Å². The van der Waals surface area contributed by atoms with E-state index in [1.165, 1.54) is 6.07 Å². The van der Waals surface area contributed by atoms with Crippen molar-refractivity contribution in [1.29, 1.82) is 0 Å². The molecule has 0 unspecified atom stereocenters. The second-order valence-electron chi connectivity index (χ2n) is 4.82. The zero-order chi connectivity index (χ0) is 15.1. The smallest absolute Gasteiger partial charge is 0.264 e. The van der Waals surface area contributed by atoms with Crippen LogP contribution >= 0.6 is 0 Å². The summed E-state index contributed by atoms with van der Waals surface area (Å²) in [7, 11) is -3.76. The molecule has 0 radical (unpaired) electrons. The van der Waals surface area contributed by atoms with Gasteiger partial charge in [-0.3, -0.25) is 0 Å². The van der Waals surface area contributed by atoms with Crippen molar-refractivity contribution in [3.05, 3.63) is 34.5 Å². The Morgan fingerprint density at radius 1 is 1.15 bits per heavy atom. The number of aryl methyl sites for hydroxylation is 3. The van der Waals surface area contributed by atoms with Gasteiger partial charge in [0.15, 0.2) is 0 Å². The van der Waals surface area contributed by atoms with E-state index in [9.17, 15) is 8.42 Å². The van der Waals surface area contributed by atoms with Crippen LogP contribution in [0.15, 0.2) is 21.6 Å². The van der Waals surface area contributed by atoms with Crippen molar-refractivity contribution in [2.24, 2.45) is 0 Å². The molecule has 1 heterocycles. The van der Waals surface area contributed by atoms with Gasteiger partial charge in [-0.1, -0.05) is 11.2 Å². The van der Waals surface area contributed by atoms with E-state index < -0.39 is 10.0 Å². The Labute approximate surface area is 118 Å². The van der Waals surface area contributed by atoms with E-state index in [0.29, 0.717) is 22.5 Å². The van der Waals surface area contributed by atoms with Crippen LogP contribution in [0.2, 0.25) is 0 Å². The molecule has 0 saturated heterocycles. The predicted molar refractivity (Wildman–Crippen MR) is 77.1 cm³/mol. The van der Waals surface area contributed by atoms with Crippen molar-refractivity contribution in [3.8, 4) is 0 Å². The molecule has 6 nitrogen and oxygen atoms in total. The Morgan fingerprint density at radius 3 is 2.35 bits per heavy atom. The van der Waals surface area contributed by atoms with Crippen LogP contribution in [0, 0.1) is 27.7 Å². The van der Waals surface area contributed by atoms with E-state index in [2.05, 4.69) is 9.88 Å². The molecule has 1 aromatic heterocycles. The molecule has 2 rings (SSSR count). The average molecular weight is 295 g/mol. The van der Waals surface area contributed by atoms with Crippen LogP contribution < -0.4 is 10.5 Å². The number of nitrogens with zero attached hydrogens (tertiary/aromatic N) is 1. The van der Waals surface area contributed by atoms with Crippen molar-refractivity contribution in [2.45, 2.75) is 32.6 Å². The van der Waals surface area contributed by atoms with E-state index in [0.717, 1.165) is 5.56 Å². The minimum absolute atomic E-state index is 0.0837. The van der Waals surface area contributed by atoms with Crippen molar-refractivity contribution >= 4 is 21.6 Å². The molecule has 0 spiro atoms. The maximum absolute atomic E-state index is 12.5. The highest BCUT2D eigenvalue weighted by Gasteiger charge is 2.23. The van der Waals surface area contributed by atoms with E-state index in [4.69, 9.17) is 10.3 Å². The molecule has 0 aliphatic carbocycles. The highest BCUT2D eigenvalue weighted by atomic mass is 32.2. The van der Waals surface area contributed by atoms with Crippen LogP contribution in [-0.2, 0) is 10.0 Å². The van der Waals surface area contributed by atoms with Crippen molar-refractivity contribution in [2.75, 3.05) is 10.5 Å². The number of nitrogens with one attached hydrogen (secondary N) is 1. The van der Waals surface area contributed by atoms with Gasteiger partial charge in [0.2, 0.25) is 5.88 Å². The third-order valence-electron chi connectivity index (χ3n) is 3.09. The number of aromatic nitrogens is 1. The second kappa shape index (κ2) is 4.82. The van der Waals surface area contributed by atoms with Crippen LogP contribution in [0.4, 0.5) is 11.6 Å². The molecule has 2 aromatic rings. The lowest BCUT2D eigenvalue weighted by molar-refractivity contribution is 0.430. The van der Waals surface area contributed by atoms with Crippen molar-refractivity contribution in [3.63, 3.8) is 0 Å². The third-order valence-corrected chi connectivity index (χ3v) is 4.73. The molecule has 1 aromatic carbocycles. The Morgan fingerprint density at radius 2 is 1.80 bits per heavy atom. The Kier molecular flexibility index (Phi) is 3.47. The first-order valence-electron chi connectivity index (χ1n) is 6.05. The standard InChI is InChI=1S/C13H17N3O3S/c1-7-5-8(2)13(10(4)12(7)14)20(17,18)16-11-6-9(3)15-19-11/h5-6,16H,14H2,1-4H3. The lowest BCUT2D eigenvalue weighted by Gasteiger charge is -2.14. The van der Waals surface area contributed by atoms with E-state index >= 15 is 0 Å². The fraction of sp³-hybridized carbons (Fsp3) is 0.308. The maximum Gasteiger partial charge on any atom is 0.264 e. The fourth-order valence-corrected chi connectivity index (χ4v) is 3.65. The fourth-order valence-electron chi connectivity index (χ4n) is 2.19. The van der Waals surface area contributed by atoms with E-state index in [1.807, 2.05) is 6.92 Å². The number of anilines is 2. The first kappa shape index (κ1) is 14.4. The van der Waals surface area contributed by atoms with Crippen LogP contribution in [0.3, 0.4) is 0 Å². The second-order valence-corrected chi connectivity index (χ2v) is 6.44. The van der Waals surface area contributed by atoms with Gasteiger partial charge in [-0.15, -0.1) is 0 Å². The number of nitrogens with two attached hydrogens (primary N) is 1. The Hall–Kier alpha value is -2.02. The van der Waals surface area contributed by atoms with Gasteiger partial charge < -0.3 is 10.3 Å². The van der Waals surface area contributed by atoms with Crippen molar-refractivity contribution in [1.82, 2.24) is 5.16 Å². The van der Waals surface area contributed by atoms with Crippen LogP contribution in [0.1, 0.15) is 22.4 Å². The topological polar surface area (TPSA) is 98.2 Å². The van der Waals surface area contributed by atoms with Crippen LogP contribution in [0.25, 0.3) is 0 Å². The molecule has 3 N–H and O–H groups in total. The monoisotopic (exact) mass is 295 g/mol. The molecule has 0 saturated carbocycles. The SMILES string of the molecule is Cc1cc(NS(=O)(=O)c2c(C)cc(C)c(N)c2C)on1. The summed E-state index contributed by atoms with van der Waals surface area (Å²) in [4.78, 5) is 0.176. The molecule has 0 atom stereocenters. The van der Waals surface area contributed by atoms with Gasteiger partial charge >= 0.3 is 0 Å². The summed E-state index contributed by atoms with van der Waals surface area (Å²) in [6.07, 6.45) is 0. The highest BCUT2D eigenvalue weighted by molar-refractivity contribution is 7.92. The van der Waals surface area contributed by atoms with E-state index in [-0.39, 0.29) is 10.8 Å². The summed E-state index contributed by atoms with van der Waals surface area (Å²) in [6, 6.07) is 3.27. The summed E-state index contributed by atoms with van der Waals surface area (Å²) in [5, 5.41) is 3.64. The normalized spacial score (nSPS) is 11.6. The zero-order valence-electron chi connectivity index (χ0n) is 11.8. The number of benzene rings is 1. The van der Waals surface area contributed by atoms with Gasteiger partial charge in [-0.25, -0.2) is 13.1 Å².